The summed E-state index contributed by atoms with van der Waals surface area (Å²) in [5, 5.41) is 13.3. The summed E-state index contributed by atoms with van der Waals surface area (Å²) in [5.41, 5.74) is -0.426. The van der Waals surface area contributed by atoms with Gasteiger partial charge in [0.25, 0.3) is 0 Å². The third kappa shape index (κ3) is 1.79. The molecule has 2 N–H and O–H groups in total. The second kappa shape index (κ2) is 3.32. The van der Waals surface area contributed by atoms with E-state index in [4.69, 9.17) is 0 Å². The highest BCUT2D eigenvalue weighted by molar-refractivity contribution is 4.91. The maximum atomic E-state index is 10.0. The molecule has 2 heterocycles. The van der Waals surface area contributed by atoms with Crippen LogP contribution in [0.4, 0.5) is 0 Å². The molecule has 1 atom stereocenters. The lowest BCUT2D eigenvalue weighted by Crippen LogP contribution is -2.43. The highest BCUT2D eigenvalue weighted by Gasteiger charge is 2.33. The minimum absolute atomic E-state index is 0.426. The summed E-state index contributed by atoms with van der Waals surface area (Å²) in [7, 11) is 0. The van der Waals surface area contributed by atoms with Crippen LogP contribution in [0.5, 0.6) is 0 Å². The molecule has 2 rings (SSSR count). The van der Waals surface area contributed by atoms with Crippen LogP contribution in [0.15, 0.2) is 0 Å². The van der Waals surface area contributed by atoms with Crippen LogP contribution < -0.4 is 5.32 Å². The van der Waals surface area contributed by atoms with Crippen LogP contribution in [-0.4, -0.2) is 48.3 Å². The topological polar surface area (TPSA) is 35.5 Å². The Labute approximate surface area is 73.8 Å². The summed E-state index contributed by atoms with van der Waals surface area (Å²) >= 11 is 0. The first kappa shape index (κ1) is 8.48. The zero-order valence-electron chi connectivity index (χ0n) is 7.55. The molecule has 1 unspecified atom stereocenters. The first-order chi connectivity index (χ1) is 5.79. The van der Waals surface area contributed by atoms with Gasteiger partial charge in [-0.15, -0.1) is 0 Å². The average molecular weight is 170 g/mol. The van der Waals surface area contributed by atoms with Crippen LogP contribution in [0.2, 0.25) is 0 Å². The summed E-state index contributed by atoms with van der Waals surface area (Å²) in [5.74, 6) is 0. The highest BCUT2D eigenvalue weighted by atomic mass is 16.3. The van der Waals surface area contributed by atoms with Crippen molar-refractivity contribution in [2.75, 3.05) is 32.7 Å². The van der Waals surface area contributed by atoms with Crippen molar-refractivity contribution in [2.45, 2.75) is 24.9 Å². The molecule has 0 aliphatic carbocycles. The third-order valence-electron chi connectivity index (χ3n) is 2.94. The fourth-order valence-corrected chi connectivity index (χ4v) is 2.22. The van der Waals surface area contributed by atoms with Crippen molar-refractivity contribution < 1.29 is 5.11 Å². The molecule has 0 radical (unpaired) electrons. The van der Waals surface area contributed by atoms with Crippen molar-refractivity contribution in [1.29, 1.82) is 0 Å². The largest absolute Gasteiger partial charge is 0.387 e. The lowest BCUT2D eigenvalue weighted by molar-refractivity contribution is 0.0277. The smallest absolute Gasteiger partial charge is 0.0909 e. The Morgan fingerprint density at radius 2 is 2.08 bits per heavy atom. The van der Waals surface area contributed by atoms with Gasteiger partial charge in [-0.3, -0.25) is 0 Å². The highest BCUT2D eigenvalue weighted by Crippen LogP contribution is 2.18. The number of nitrogens with one attached hydrogen (secondary N) is 1. The number of likely N-dealkylation sites (tertiary alicyclic amines) is 1. The predicted octanol–water partition coefficient (Wildman–Crippen LogP) is -0.193. The van der Waals surface area contributed by atoms with Crippen molar-refractivity contribution in [3.8, 4) is 0 Å². The van der Waals surface area contributed by atoms with E-state index in [-0.39, 0.29) is 0 Å². The first-order valence-electron chi connectivity index (χ1n) is 4.94. The van der Waals surface area contributed by atoms with Crippen LogP contribution in [0, 0.1) is 0 Å². The van der Waals surface area contributed by atoms with Gasteiger partial charge in [0.15, 0.2) is 0 Å². The predicted molar refractivity (Wildman–Crippen MR) is 48.1 cm³/mol. The Morgan fingerprint density at radius 3 is 2.67 bits per heavy atom. The Bertz CT molecular complexity index is 149. The molecule has 0 saturated carbocycles. The van der Waals surface area contributed by atoms with Crippen LogP contribution >= 0.6 is 0 Å². The molecular formula is C9H18N2O. The fraction of sp³-hybridized carbons (Fsp3) is 1.00. The molecule has 2 aliphatic heterocycles. The summed E-state index contributed by atoms with van der Waals surface area (Å²) in [4.78, 5) is 2.38. The van der Waals surface area contributed by atoms with Crippen LogP contribution in [0.1, 0.15) is 19.3 Å². The molecule has 2 fully saturated rings. The number of hydrogen-bond donors (Lipinski definition) is 2. The SMILES string of the molecule is OC1(CN2CCCC2)CCNC1. The van der Waals surface area contributed by atoms with Gasteiger partial charge < -0.3 is 15.3 Å². The molecule has 2 saturated heterocycles. The van der Waals surface area contributed by atoms with Gasteiger partial charge in [0.1, 0.15) is 0 Å². The monoisotopic (exact) mass is 170 g/mol. The lowest BCUT2D eigenvalue weighted by Gasteiger charge is -2.27. The van der Waals surface area contributed by atoms with Gasteiger partial charge >= 0.3 is 0 Å². The summed E-state index contributed by atoms with van der Waals surface area (Å²) < 4.78 is 0. The summed E-state index contributed by atoms with van der Waals surface area (Å²) in [6, 6.07) is 0. The van der Waals surface area contributed by atoms with Gasteiger partial charge in [-0.05, 0) is 38.9 Å². The molecule has 3 heteroatoms. The van der Waals surface area contributed by atoms with Gasteiger partial charge in [0, 0.05) is 13.1 Å². The van der Waals surface area contributed by atoms with Crippen LogP contribution in [0.25, 0.3) is 0 Å². The average Bonchev–Trinajstić information content (AvgIpc) is 2.62. The Kier molecular flexibility index (Phi) is 2.35. The maximum Gasteiger partial charge on any atom is 0.0909 e. The second-order valence-electron chi connectivity index (χ2n) is 4.13. The third-order valence-corrected chi connectivity index (χ3v) is 2.94. The Balaban J connectivity index is 1.83. The maximum absolute atomic E-state index is 10.0. The van der Waals surface area contributed by atoms with E-state index in [0.29, 0.717) is 0 Å². The van der Waals surface area contributed by atoms with Gasteiger partial charge in [0.2, 0.25) is 0 Å². The second-order valence-corrected chi connectivity index (χ2v) is 4.13. The Hall–Kier alpha value is -0.120. The van der Waals surface area contributed by atoms with Crippen LogP contribution in [0.3, 0.4) is 0 Å². The van der Waals surface area contributed by atoms with E-state index in [9.17, 15) is 5.11 Å². The fourth-order valence-electron chi connectivity index (χ4n) is 2.22. The zero-order valence-corrected chi connectivity index (χ0v) is 7.55. The van der Waals surface area contributed by atoms with Crippen LogP contribution in [-0.2, 0) is 0 Å². The van der Waals surface area contributed by atoms with Crippen molar-refractivity contribution in [3.05, 3.63) is 0 Å². The molecule has 3 nitrogen and oxygen atoms in total. The van der Waals surface area contributed by atoms with Gasteiger partial charge in [-0.1, -0.05) is 0 Å². The van der Waals surface area contributed by atoms with E-state index in [2.05, 4.69) is 10.2 Å². The number of hydrogen-bond acceptors (Lipinski definition) is 3. The molecule has 0 aromatic rings. The van der Waals surface area contributed by atoms with E-state index in [1.807, 2.05) is 0 Å². The molecule has 12 heavy (non-hydrogen) atoms. The van der Waals surface area contributed by atoms with E-state index in [0.717, 1.165) is 26.1 Å². The van der Waals surface area contributed by atoms with E-state index in [1.165, 1.54) is 25.9 Å². The number of β-amino-alcohol motifs (C(OH)–C–C–N with tert-alkyl or cyclic N) is 1. The summed E-state index contributed by atoms with van der Waals surface area (Å²) in [6.45, 7) is 5.00. The van der Waals surface area contributed by atoms with E-state index < -0.39 is 5.60 Å². The molecule has 0 aromatic carbocycles. The Morgan fingerprint density at radius 1 is 1.33 bits per heavy atom. The number of nitrogens with zero attached hydrogens (tertiary/aromatic N) is 1. The first-order valence-corrected chi connectivity index (χ1v) is 4.94. The standard InChI is InChI=1S/C9H18N2O/c12-9(3-4-10-7-9)8-11-5-1-2-6-11/h10,12H,1-8H2. The lowest BCUT2D eigenvalue weighted by atomic mass is 10.0. The minimum atomic E-state index is -0.426. The van der Waals surface area contributed by atoms with Crippen molar-refractivity contribution >= 4 is 0 Å². The molecule has 2 aliphatic rings. The van der Waals surface area contributed by atoms with Gasteiger partial charge in [0.05, 0.1) is 5.60 Å². The molecule has 0 spiro atoms. The number of aliphatic hydroxyl groups is 1. The van der Waals surface area contributed by atoms with Crippen molar-refractivity contribution in [2.24, 2.45) is 0 Å². The van der Waals surface area contributed by atoms with Gasteiger partial charge in [-0.2, -0.15) is 0 Å². The molecule has 70 valence electrons. The zero-order chi connectivity index (χ0) is 8.44. The quantitative estimate of drug-likeness (QED) is 0.603. The summed E-state index contributed by atoms with van der Waals surface area (Å²) in [6.07, 6.45) is 3.54. The van der Waals surface area contributed by atoms with Gasteiger partial charge in [-0.25, -0.2) is 0 Å². The van der Waals surface area contributed by atoms with E-state index in [1.54, 1.807) is 0 Å². The van der Waals surface area contributed by atoms with Crippen molar-refractivity contribution in [3.63, 3.8) is 0 Å². The van der Waals surface area contributed by atoms with Crippen molar-refractivity contribution in [1.82, 2.24) is 10.2 Å². The molecular weight excluding hydrogens is 152 g/mol. The minimum Gasteiger partial charge on any atom is -0.387 e. The molecule has 0 aromatic heterocycles. The number of rotatable bonds is 2. The van der Waals surface area contributed by atoms with E-state index >= 15 is 0 Å². The molecule has 0 bridgehead atoms. The molecule has 0 amide bonds. The normalized spacial score (nSPS) is 37.8.